The molecule has 1 saturated carbocycles. The Kier molecular flexibility index (Phi) is 3.04. The van der Waals surface area contributed by atoms with E-state index < -0.39 is 0 Å². The Morgan fingerprint density at radius 3 is 2.85 bits per heavy atom. The Morgan fingerprint density at radius 2 is 2.10 bits per heavy atom. The topological polar surface area (TPSA) is 29.3 Å². The third-order valence-corrected chi connectivity index (χ3v) is 5.57. The summed E-state index contributed by atoms with van der Waals surface area (Å²) in [5.74, 6) is 0.872. The van der Waals surface area contributed by atoms with Crippen LogP contribution >= 0.6 is 11.3 Å². The largest absolute Gasteiger partial charge is 0.398 e. The van der Waals surface area contributed by atoms with Gasteiger partial charge in [-0.2, -0.15) is 0 Å². The van der Waals surface area contributed by atoms with E-state index in [1.165, 1.54) is 24.0 Å². The standard InChI is InChI=1S/C17H20N2S/c18-15-4-1-3-13-11-19(9-8-14(13)15)17(12-6-7-12)16-5-2-10-20-16/h1-5,10,12,17H,6-9,11,18H2. The maximum Gasteiger partial charge on any atom is 0.0473 e. The van der Waals surface area contributed by atoms with Crippen molar-refractivity contribution in [2.24, 2.45) is 5.92 Å². The summed E-state index contributed by atoms with van der Waals surface area (Å²) in [4.78, 5) is 4.21. The molecule has 0 bridgehead atoms. The second-order valence-corrected chi connectivity index (χ2v) is 6.98. The lowest BCUT2D eigenvalue weighted by Gasteiger charge is -2.36. The highest BCUT2D eigenvalue weighted by atomic mass is 32.1. The number of fused-ring (bicyclic) bond motifs is 1. The summed E-state index contributed by atoms with van der Waals surface area (Å²) in [6.07, 6.45) is 3.88. The van der Waals surface area contributed by atoms with Crippen LogP contribution in [0.3, 0.4) is 0 Å². The Morgan fingerprint density at radius 1 is 1.20 bits per heavy atom. The van der Waals surface area contributed by atoms with Crippen molar-refractivity contribution in [3.8, 4) is 0 Å². The molecule has 3 heteroatoms. The van der Waals surface area contributed by atoms with Gasteiger partial charge in [-0.3, -0.25) is 4.90 Å². The molecule has 2 N–H and O–H groups in total. The molecule has 2 aromatic rings. The van der Waals surface area contributed by atoms with Crippen LogP contribution in [0.5, 0.6) is 0 Å². The first-order chi connectivity index (χ1) is 9.83. The summed E-state index contributed by atoms with van der Waals surface area (Å²) in [6.45, 7) is 2.19. The maximum absolute atomic E-state index is 6.11. The Bertz CT molecular complexity index is 601. The van der Waals surface area contributed by atoms with Gasteiger partial charge in [0.1, 0.15) is 0 Å². The van der Waals surface area contributed by atoms with Gasteiger partial charge < -0.3 is 5.73 Å². The quantitative estimate of drug-likeness (QED) is 0.868. The summed E-state index contributed by atoms with van der Waals surface area (Å²) >= 11 is 1.91. The van der Waals surface area contributed by atoms with Crippen molar-refractivity contribution in [1.82, 2.24) is 4.90 Å². The van der Waals surface area contributed by atoms with Gasteiger partial charge in [0.05, 0.1) is 0 Å². The average molecular weight is 284 g/mol. The minimum atomic E-state index is 0.629. The predicted octanol–water partition coefficient (Wildman–Crippen LogP) is 3.84. The van der Waals surface area contributed by atoms with E-state index >= 15 is 0 Å². The van der Waals surface area contributed by atoms with E-state index in [0.29, 0.717) is 6.04 Å². The first-order valence-electron chi connectivity index (χ1n) is 7.46. The SMILES string of the molecule is Nc1cccc2c1CCN(C(c1cccs1)C1CC1)C2. The molecule has 20 heavy (non-hydrogen) atoms. The van der Waals surface area contributed by atoms with Gasteiger partial charge in [0.15, 0.2) is 0 Å². The van der Waals surface area contributed by atoms with Gasteiger partial charge in [-0.25, -0.2) is 0 Å². The van der Waals surface area contributed by atoms with E-state index in [0.717, 1.165) is 31.1 Å². The van der Waals surface area contributed by atoms with Gasteiger partial charge in [-0.1, -0.05) is 18.2 Å². The second kappa shape index (κ2) is 4.90. The molecule has 0 radical (unpaired) electrons. The fourth-order valence-corrected chi connectivity index (χ4v) is 4.43. The van der Waals surface area contributed by atoms with Crippen LogP contribution in [0.4, 0.5) is 5.69 Å². The van der Waals surface area contributed by atoms with Gasteiger partial charge in [-0.05, 0) is 53.8 Å². The van der Waals surface area contributed by atoms with Gasteiger partial charge in [-0.15, -0.1) is 11.3 Å². The van der Waals surface area contributed by atoms with Crippen LogP contribution in [0.15, 0.2) is 35.7 Å². The number of hydrogen-bond acceptors (Lipinski definition) is 3. The zero-order chi connectivity index (χ0) is 13.5. The van der Waals surface area contributed by atoms with Crippen LogP contribution in [0.2, 0.25) is 0 Å². The van der Waals surface area contributed by atoms with Crippen molar-refractivity contribution < 1.29 is 0 Å². The summed E-state index contributed by atoms with van der Waals surface area (Å²) in [5, 5.41) is 2.21. The van der Waals surface area contributed by atoms with Gasteiger partial charge in [0, 0.05) is 29.7 Å². The highest BCUT2D eigenvalue weighted by molar-refractivity contribution is 7.10. The van der Waals surface area contributed by atoms with Crippen molar-refractivity contribution >= 4 is 17.0 Å². The smallest absolute Gasteiger partial charge is 0.0473 e. The van der Waals surface area contributed by atoms with Gasteiger partial charge in [0.2, 0.25) is 0 Å². The highest BCUT2D eigenvalue weighted by Gasteiger charge is 2.38. The summed E-state index contributed by atoms with van der Waals surface area (Å²) in [6, 6.07) is 11.5. The molecule has 104 valence electrons. The third kappa shape index (κ3) is 2.15. The molecule has 4 rings (SSSR count). The van der Waals surface area contributed by atoms with Gasteiger partial charge in [0.25, 0.3) is 0 Å². The van der Waals surface area contributed by atoms with E-state index in [9.17, 15) is 0 Å². The minimum Gasteiger partial charge on any atom is -0.398 e. The molecule has 1 aromatic heterocycles. The Hall–Kier alpha value is -1.32. The minimum absolute atomic E-state index is 0.629. The molecule has 2 heterocycles. The molecule has 1 fully saturated rings. The molecule has 2 aliphatic rings. The molecular weight excluding hydrogens is 264 g/mol. The lowest BCUT2D eigenvalue weighted by molar-refractivity contribution is 0.163. The molecule has 2 nitrogen and oxygen atoms in total. The molecule has 0 saturated heterocycles. The van der Waals surface area contributed by atoms with Crippen molar-refractivity contribution in [3.05, 3.63) is 51.7 Å². The molecule has 1 aliphatic carbocycles. The fraction of sp³-hybridized carbons (Fsp3) is 0.412. The van der Waals surface area contributed by atoms with Crippen molar-refractivity contribution in [3.63, 3.8) is 0 Å². The number of nitrogen functional groups attached to an aromatic ring is 1. The first kappa shape index (κ1) is 12.4. The lowest BCUT2D eigenvalue weighted by Crippen LogP contribution is -2.35. The van der Waals surface area contributed by atoms with E-state index in [1.807, 2.05) is 17.4 Å². The Balaban J connectivity index is 1.63. The van der Waals surface area contributed by atoms with E-state index in [-0.39, 0.29) is 0 Å². The van der Waals surface area contributed by atoms with Crippen molar-refractivity contribution in [2.75, 3.05) is 12.3 Å². The number of nitrogens with two attached hydrogens (primary N) is 1. The molecule has 1 unspecified atom stereocenters. The molecule has 0 spiro atoms. The van der Waals surface area contributed by atoms with Crippen molar-refractivity contribution in [1.29, 1.82) is 0 Å². The fourth-order valence-electron chi connectivity index (χ4n) is 3.48. The van der Waals surface area contributed by atoms with Crippen LogP contribution in [-0.2, 0) is 13.0 Å². The summed E-state index contributed by atoms with van der Waals surface area (Å²) in [5.41, 5.74) is 9.89. The molecule has 1 atom stereocenters. The van der Waals surface area contributed by atoms with E-state index in [4.69, 9.17) is 5.73 Å². The summed E-state index contributed by atoms with van der Waals surface area (Å²) in [7, 11) is 0. The number of anilines is 1. The third-order valence-electron chi connectivity index (χ3n) is 4.63. The van der Waals surface area contributed by atoms with Crippen LogP contribution in [0.25, 0.3) is 0 Å². The first-order valence-corrected chi connectivity index (χ1v) is 8.34. The van der Waals surface area contributed by atoms with E-state index in [2.05, 4.69) is 34.5 Å². The van der Waals surface area contributed by atoms with Gasteiger partial charge >= 0.3 is 0 Å². The van der Waals surface area contributed by atoms with Crippen molar-refractivity contribution in [2.45, 2.75) is 31.8 Å². The lowest BCUT2D eigenvalue weighted by atomic mass is 9.95. The molecule has 1 aromatic carbocycles. The zero-order valence-corrected chi connectivity index (χ0v) is 12.4. The number of rotatable bonds is 3. The zero-order valence-electron chi connectivity index (χ0n) is 11.6. The number of hydrogen-bond donors (Lipinski definition) is 1. The second-order valence-electron chi connectivity index (χ2n) is 6.00. The van der Waals surface area contributed by atoms with Crippen LogP contribution in [-0.4, -0.2) is 11.4 Å². The molecule has 0 amide bonds. The molecule has 1 aliphatic heterocycles. The van der Waals surface area contributed by atoms with E-state index in [1.54, 1.807) is 4.88 Å². The summed E-state index contributed by atoms with van der Waals surface area (Å²) < 4.78 is 0. The monoisotopic (exact) mass is 284 g/mol. The predicted molar refractivity (Wildman–Crippen MR) is 84.8 cm³/mol. The van der Waals surface area contributed by atoms with Crippen LogP contribution < -0.4 is 5.73 Å². The normalized spacial score (nSPS) is 20.6. The Labute approximate surface area is 124 Å². The van der Waals surface area contributed by atoms with Crippen LogP contribution in [0, 0.1) is 5.92 Å². The number of benzene rings is 1. The highest BCUT2D eigenvalue weighted by Crippen LogP contribution is 2.47. The average Bonchev–Trinajstić information content (AvgIpc) is 3.14. The number of nitrogens with zero attached hydrogens (tertiary/aromatic N) is 1. The molecular formula is C17H20N2S. The van der Waals surface area contributed by atoms with Crippen LogP contribution in [0.1, 0.15) is 34.9 Å². The maximum atomic E-state index is 6.11. The number of thiophene rings is 1.